The quantitative estimate of drug-likeness (QED) is 0.753. The average molecular weight is 181 g/mol. The van der Waals surface area contributed by atoms with Gasteiger partial charge in [-0.05, 0) is 31.0 Å². The lowest BCUT2D eigenvalue weighted by atomic mass is 10.2. The summed E-state index contributed by atoms with van der Waals surface area (Å²) in [7, 11) is 0. The van der Waals surface area contributed by atoms with E-state index in [4.69, 9.17) is 0 Å². The molecule has 1 aromatic rings. The van der Waals surface area contributed by atoms with Crippen LogP contribution in [-0.2, 0) is 6.54 Å². The molecule has 0 aromatic heterocycles. The Labute approximate surface area is 79.0 Å². The molecule has 0 heterocycles. The second kappa shape index (κ2) is 4.97. The Bertz CT molecular complexity index is 243. The van der Waals surface area contributed by atoms with Crippen molar-refractivity contribution in [2.45, 2.75) is 32.9 Å². The molecule has 1 N–H and O–H groups in total. The van der Waals surface area contributed by atoms with E-state index in [1.807, 2.05) is 12.1 Å². The highest BCUT2D eigenvalue weighted by Crippen LogP contribution is 2.02. The van der Waals surface area contributed by atoms with E-state index in [0.29, 0.717) is 6.04 Å². The third-order valence-corrected chi connectivity index (χ3v) is 2.18. The molecule has 2 heteroatoms. The molecule has 0 saturated carbocycles. The number of hydrogen-bond acceptors (Lipinski definition) is 1. The molecule has 0 saturated heterocycles. The Morgan fingerprint density at radius 1 is 1.31 bits per heavy atom. The fourth-order valence-electron chi connectivity index (χ4n) is 1.04. The Kier molecular flexibility index (Phi) is 3.90. The van der Waals surface area contributed by atoms with Gasteiger partial charge in [0.2, 0.25) is 0 Å². The van der Waals surface area contributed by atoms with Crippen LogP contribution >= 0.6 is 0 Å². The molecule has 1 unspecified atom stereocenters. The molecule has 0 aliphatic carbocycles. The van der Waals surface area contributed by atoms with E-state index in [2.05, 4.69) is 19.2 Å². The van der Waals surface area contributed by atoms with Crippen LogP contribution in [0.25, 0.3) is 0 Å². The van der Waals surface area contributed by atoms with Gasteiger partial charge in [0.25, 0.3) is 0 Å². The van der Waals surface area contributed by atoms with Crippen molar-refractivity contribution in [3.8, 4) is 0 Å². The Morgan fingerprint density at radius 3 is 2.46 bits per heavy atom. The lowest BCUT2D eigenvalue weighted by Gasteiger charge is -2.10. The predicted octanol–water partition coefficient (Wildman–Crippen LogP) is 2.71. The number of nitrogens with one attached hydrogen (secondary N) is 1. The number of halogens is 1. The van der Waals surface area contributed by atoms with Gasteiger partial charge in [0, 0.05) is 12.6 Å². The van der Waals surface area contributed by atoms with Crippen molar-refractivity contribution in [2.75, 3.05) is 0 Å². The monoisotopic (exact) mass is 181 g/mol. The molecule has 72 valence electrons. The predicted molar refractivity (Wildman–Crippen MR) is 53.0 cm³/mol. The SMILES string of the molecule is CCC(C)NCc1ccc(F)cc1. The van der Waals surface area contributed by atoms with E-state index >= 15 is 0 Å². The lowest BCUT2D eigenvalue weighted by Crippen LogP contribution is -2.24. The molecule has 0 amide bonds. The van der Waals surface area contributed by atoms with Gasteiger partial charge >= 0.3 is 0 Å². The molecule has 0 radical (unpaired) electrons. The maximum Gasteiger partial charge on any atom is 0.123 e. The fraction of sp³-hybridized carbons (Fsp3) is 0.455. The van der Waals surface area contributed by atoms with E-state index in [9.17, 15) is 4.39 Å². The van der Waals surface area contributed by atoms with Gasteiger partial charge in [-0.3, -0.25) is 0 Å². The van der Waals surface area contributed by atoms with E-state index in [1.54, 1.807) is 0 Å². The lowest BCUT2D eigenvalue weighted by molar-refractivity contribution is 0.533. The summed E-state index contributed by atoms with van der Waals surface area (Å²) in [6.45, 7) is 5.10. The Hall–Kier alpha value is -0.890. The smallest absolute Gasteiger partial charge is 0.123 e. The molecular weight excluding hydrogens is 165 g/mol. The van der Waals surface area contributed by atoms with Gasteiger partial charge < -0.3 is 5.32 Å². The molecule has 1 rings (SSSR count). The summed E-state index contributed by atoms with van der Waals surface area (Å²) < 4.78 is 12.5. The standard InChI is InChI=1S/C11H16FN/c1-3-9(2)13-8-10-4-6-11(12)7-5-10/h4-7,9,13H,3,8H2,1-2H3. The van der Waals surface area contributed by atoms with Gasteiger partial charge in [-0.1, -0.05) is 19.1 Å². The van der Waals surface area contributed by atoms with Crippen molar-refractivity contribution in [2.24, 2.45) is 0 Å². The van der Waals surface area contributed by atoms with Crippen LogP contribution in [0, 0.1) is 5.82 Å². The van der Waals surface area contributed by atoms with Crippen molar-refractivity contribution >= 4 is 0 Å². The van der Waals surface area contributed by atoms with Crippen LogP contribution in [0.4, 0.5) is 4.39 Å². The van der Waals surface area contributed by atoms with Crippen molar-refractivity contribution in [1.29, 1.82) is 0 Å². The van der Waals surface area contributed by atoms with Crippen LogP contribution in [0.3, 0.4) is 0 Å². The highest BCUT2D eigenvalue weighted by atomic mass is 19.1. The van der Waals surface area contributed by atoms with Gasteiger partial charge in [0.1, 0.15) is 5.82 Å². The maximum atomic E-state index is 12.5. The number of benzene rings is 1. The van der Waals surface area contributed by atoms with E-state index in [-0.39, 0.29) is 5.82 Å². The summed E-state index contributed by atoms with van der Waals surface area (Å²) in [5.41, 5.74) is 1.13. The summed E-state index contributed by atoms with van der Waals surface area (Å²) in [6, 6.07) is 7.13. The minimum atomic E-state index is -0.174. The Balaban J connectivity index is 2.41. The van der Waals surface area contributed by atoms with Gasteiger partial charge in [-0.15, -0.1) is 0 Å². The highest BCUT2D eigenvalue weighted by Gasteiger charge is 1.97. The van der Waals surface area contributed by atoms with Crippen LogP contribution in [0.15, 0.2) is 24.3 Å². The number of hydrogen-bond donors (Lipinski definition) is 1. The molecule has 13 heavy (non-hydrogen) atoms. The minimum absolute atomic E-state index is 0.174. The molecule has 0 bridgehead atoms. The molecule has 0 fully saturated rings. The molecular formula is C11H16FN. The van der Waals surface area contributed by atoms with Gasteiger partial charge in [0.15, 0.2) is 0 Å². The first-order valence-electron chi connectivity index (χ1n) is 4.70. The van der Waals surface area contributed by atoms with Crippen LogP contribution in [0.2, 0.25) is 0 Å². The number of rotatable bonds is 4. The highest BCUT2D eigenvalue weighted by molar-refractivity contribution is 5.15. The molecule has 1 aromatic carbocycles. The second-order valence-electron chi connectivity index (χ2n) is 3.32. The zero-order valence-electron chi connectivity index (χ0n) is 8.18. The van der Waals surface area contributed by atoms with Gasteiger partial charge in [-0.25, -0.2) is 4.39 Å². The second-order valence-corrected chi connectivity index (χ2v) is 3.32. The zero-order chi connectivity index (χ0) is 9.68. The van der Waals surface area contributed by atoms with Crippen LogP contribution < -0.4 is 5.32 Å². The first-order valence-corrected chi connectivity index (χ1v) is 4.70. The third kappa shape index (κ3) is 3.55. The maximum absolute atomic E-state index is 12.5. The molecule has 0 spiro atoms. The summed E-state index contributed by atoms with van der Waals surface area (Å²) in [4.78, 5) is 0. The molecule has 0 aliphatic rings. The average Bonchev–Trinajstić information content (AvgIpc) is 2.16. The first kappa shape index (κ1) is 10.2. The van der Waals surface area contributed by atoms with Crippen molar-refractivity contribution in [3.05, 3.63) is 35.6 Å². The van der Waals surface area contributed by atoms with Crippen molar-refractivity contribution in [3.63, 3.8) is 0 Å². The van der Waals surface area contributed by atoms with E-state index < -0.39 is 0 Å². The van der Waals surface area contributed by atoms with Gasteiger partial charge in [-0.2, -0.15) is 0 Å². The minimum Gasteiger partial charge on any atom is -0.310 e. The van der Waals surface area contributed by atoms with Gasteiger partial charge in [0.05, 0.1) is 0 Å². The zero-order valence-corrected chi connectivity index (χ0v) is 8.18. The summed E-state index contributed by atoms with van der Waals surface area (Å²) in [5.74, 6) is -0.174. The van der Waals surface area contributed by atoms with Crippen LogP contribution in [0.1, 0.15) is 25.8 Å². The Morgan fingerprint density at radius 2 is 1.92 bits per heavy atom. The van der Waals surface area contributed by atoms with Crippen LogP contribution in [-0.4, -0.2) is 6.04 Å². The largest absolute Gasteiger partial charge is 0.310 e. The fourth-order valence-corrected chi connectivity index (χ4v) is 1.04. The normalized spacial score (nSPS) is 12.8. The van der Waals surface area contributed by atoms with E-state index in [0.717, 1.165) is 18.5 Å². The van der Waals surface area contributed by atoms with Crippen molar-refractivity contribution in [1.82, 2.24) is 5.32 Å². The topological polar surface area (TPSA) is 12.0 Å². The molecule has 0 aliphatic heterocycles. The van der Waals surface area contributed by atoms with E-state index in [1.165, 1.54) is 12.1 Å². The molecule has 1 nitrogen and oxygen atoms in total. The van der Waals surface area contributed by atoms with Crippen molar-refractivity contribution < 1.29 is 4.39 Å². The third-order valence-electron chi connectivity index (χ3n) is 2.18. The summed E-state index contributed by atoms with van der Waals surface area (Å²) in [5, 5.41) is 3.35. The first-order chi connectivity index (χ1) is 6.22. The summed E-state index contributed by atoms with van der Waals surface area (Å²) >= 11 is 0. The molecule has 1 atom stereocenters. The summed E-state index contributed by atoms with van der Waals surface area (Å²) in [6.07, 6.45) is 1.11. The van der Waals surface area contributed by atoms with Crippen LogP contribution in [0.5, 0.6) is 0 Å².